The third-order valence-electron chi connectivity index (χ3n) is 7.67. The number of likely N-dealkylation sites (tertiary alicyclic amines) is 1. The van der Waals surface area contributed by atoms with Gasteiger partial charge in [-0.05, 0) is 54.7 Å². The van der Waals surface area contributed by atoms with E-state index < -0.39 is 16.9 Å². The molecule has 2 fully saturated rings. The molecule has 0 spiro atoms. The number of non-ortho nitro benzene ring substituents is 1. The van der Waals surface area contributed by atoms with Crippen LogP contribution in [0.2, 0.25) is 0 Å². The van der Waals surface area contributed by atoms with Crippen LogP contribution in [0.15, 0.2) is 77.4 Å². The van der Waals surface area contributed by atoms with Gasteiger partial charge in [0.15, 0.2) is 5.88 Å². The summed E-state index contributed by atoms with van der Waals surface area (Å²) in [5.74, 6) is -0.486. The molecule has 0 saturated carbocycles. The second-order valence-electron chi connectivity index (χ2n) is 10.6. The smallest absolute Gasteiger partial charge is 0.326 e. The number of hydrogen-bond donors (Lipinski definition) is 4. The van der Waals surface area contributed by atoms with Crippen LogP contribution in [0.1, 0.15) is 41.5 Å². The van der Waals surface area contributed by atoms with Crippen molar-refractivity contribution >= 4 is 51.9 Å². The molecular formula is C32H28N6O6. The molecule has 2 aliphatic heterocycles. The Bertz CT molecular complexity index is 1860. The first-order valence-electron chi connectivity index (χ1n) is 14.1. The van der Waals surface area contributed by atoms with E-state index in [9.17, 15) is 29.6 Å². The number of nitrogens with one attached hydrogen (secondary N) is 3. The lowest BCUT2D eigenvalue weighted by atomic mass is 9.98. The minimum Gasteiger partial charge on any atom is -0.494 e. The van der Waals surface area contributed by atoms with Gasteiger partial charge in [-0.15, -0.1) is 0 Å². The molecule has 6 rings (SSSR count). The first-order chi connectivity index (χ1) is 21.2. The number of carbonyl (C=O) groups excluding carboxylic acids is 3. The Hall–Kier alpha value is -5.78. The number of nitrogens with zero attached hydrogens (tertiary/aromatic N) is 3. The molecule has 4 N–H and O–H groups in total. The molecule has 0 radical (unpaired) electrons. The molecule has 3 heterocycles. The number of benzene rings is 3. The molecule has 12 heteroatoms. The number of urea groups is 1. The number of aromatic nitrogens is 1. The quantitative estimate of drug-likeness (QED) is 0.0723. The fraction of sp³-hybridized carbons (Fsp3) is 0.188. The predicted octanol–water partition coefficient (Wildman–Crippen LogP) is 4.69. The predicted molar refractivity (Wildman–Crippen MR) is 164 cm³/mol. The number of rotatable bonds is 9. The Morgan fingerprint density at radius 3 is 2.45 bits per heavy atom. The van der Waals surface area contributed by atoms with Crippen LogP contribution in [0.4, 0.5) is 16.2 Å². The number of imide groups is 1. The van der Waals surface area contributed by atoms with Crippen molar-refractivity contribution in [2.24, 2.45) is 4.99 Å². The van der Waals surface area contributed by atoms with Gasteiger partial charge in [0.2, 0.25) is 5.91 Å². The zero-order chi connectivity index (χ0) is 30.8. The normalized spacial score (nSPS) is 16.2. The first-order valence-corrected chi connectivity index (χ1v) is 14.1. The summed E-state index contributed by atoms with van der Waals surface area (Å²) in [5.41, 5.74) is 4.19. The van der Waals surface area contributed by atoms with Crippen molar-refractivity contribution in [2.45, 2.75) is 25.7 Å². The van der Waals surface area contributed by atoms with Crippen LogP contribution in [0.3, 0.4) is 0 Å². The monoisotopic (exact) mass is 592 g/mol. The summed E-state index contributed by atoms with van der Waals surface area (Å²) in [7, 11) is 0. The standard InChI is InChI=1S/C32H28N6O6/c39-27-4-2-16-37(27)15-1-3-19-5-9-21(10-6-19)29(28-24-18-23(38(43)44)13-14-25(24)34-31(28)41)33-22-11-7-20(8-12-22)17-26-30(40)36-32(42)35-26/h5-14,17-18,34,41H,1-4,15-16H2,(H2,35,36,40,42). The molecule has 12 nitrogen and oxygen atoms in total. The number of nitro groups is 1. The van der Waals surface area contributed by atoms with Gasteiger partial charge in [0, 0.05) is 48.1 Å². The highest BCUT2D eigenvalue weighted by Crippen LogP contribution is 2.34. The van der Waals surface area contributed by atoms with Crippen LogP contribution in [-0.4, -0.2) is 56.6 Å². The number of aryl methyl sites for hydroxylation is 1. The molecule has 4 amide bonds. The Morgan fingerprint density at radius 2 is 1.80 bits per heavy atom. The minimum atomic E-state index is -0.585. The number of nitro benzene ring substituents is 1. The van der Waals surface area contributed by atoms with E-state index in [4.69, 9.17) is 4.99 Å². The summed E-state index contributed by atoms with van der Waals surface area (Å²) >= 11 is 0. The highest BCUT2D eigenvalue weighted by molar-refractivity contribution is 6.22. The number of aromatic amines is 1. The van der Waals surface area contributed by atoms with Gasteiger partial charge < -0.3 is 20.3 Å². The van der Waals surface area contributed by atoms with Crippen molar-refractivity contribution in [1.82, 2.24) is 20.5 Å². The molecule has 0 atom stereocenters. The Labute approximate surface area is 251 Å². The summed E-state index contributed by atoms with van der Waals surface area (Å²) < 4.78 is 0. The van der Waals surface area contributed by atoms with Gasteiger partial charge >= 0.3 is 6.03 Å². The third-order valence-corrected chi connectivity index (χ3v) is 7.67. The zero-order valence-electron chi connectivity index (χ0n) is 23.5. The van der Waals surface area contributed by atoms with E-state index in [2.05, 4.69) is 15.6 Å². The lowest BCUT2D eigenvalue weighted by molar-refractivity contribution is -0.384. The van der Waals surface area contributed by atoms with E-state index in [1.54, 1.807) is 30.3 Å². The van der Waals surface area contributed by atoms with Gasteiger partial charge in [-0.1, -0.05) is 36.4 Å². The van der Waals surface area contributed by atoms with Crippen LogP contribution >= 0.6 is 0 Å². The van der Waals surface area contributed by atoms with Crippen molar-refractivity contribution in [3.8, 4) is 5.88 Å². The number of fused-ring (bicyclic) bond motifs is 1. The number of hydrogen-bond acceptors (Lipinski definition) is 7. The average Bonchev–Trinajstić information content (AvgIpc) is 3.67. The number of amides is 4. The van der Waals surface area contributed by atoms with Crippen LogP contribution in [0.5, 0.6) is 5.88 Å². The van der Waals surface area contributed by atoms with Gasteiger partial charge in [-0.25, -0.2) is 9.79 Å². The van der Waals surface area contributed by atoms with Crippen molar-refractivity contribution in [3.05, 3.63) is 105 Å². The van der Waals surface area contributed by atoms with Crippen LogP contribution in [-0.2, 0) is 16.0 Å². The summed E-state index contributed by atoms with van der Waals surface area (Å²) in [6, 6.07) is 18.4. The molecule has 0 bridgehead atoms. The molecule has 4 aromatic rings. The van der Waals surface area contributed by atoms with Crippen molar-refractivity contribution in [3.63, 3.8) is 0 Å². The number of aromatic hydroxyl groups is 1. The fourth-order valence-electron chi connectivity index (χ4n) is 5.45. The third kappa shape index (κ3) is 5.91. The van der Waals surface area contributed by atoms with E-state index in [0.717, 1.165) is 37.9 Å². The Morgan fingerprint density at radius 1 is 1.02 bits per heavy atom. The Balaban J connectivity index is 1.34. The molecule has 222 valence electrons. The topological polar surface area (TPSA) is 170 Å². The Kier molecular flexibility index (Phi) is 7.63. The van der Waals surface area contributed by atoms with Crippen molar-refractivity contribution < 1.29 is 24.4 Å². The van der Waals surface area contributed by atoms with E-state index >= 15 is 0 Å². The molecule has 0 aliphatic carbocycles. The van der Waals surface area contributed by atoms with Gasteiger partial charge in [0.1, 0.15) is 5.70 Å². The number of carbonyl (C=O) groups is 3. The molecular weight excluding hydrogens is 564 g/mol. The molecule has 2 saturated heterocycles. The molecule has 1 aromatic heterocycles. The van der Waals surface area contributed by atoms with E-state index in [0.29, 0.717) is 45.4 Å². The summed E-state index contributed by atoms with van der Waals surface area (Å²) in [6.45, 7) is 1.53. The van der Waals surface area contributed by atoms with E-state index in [1.807, 2.05) is 29.2 Å². The fourth-order valence-corrected chi connectivity index (χ4v) is 5.45. The summed E-state index contributed by atoms with van der Waals surface area (Å²) in [5, 5.41) is 27.6. The summed E-state index contributed by atoms with van der Waals surface area (Å²) in [6.07, 6.45) is 4.70. The van der Waals surface area contributed by atoms with Gasteiger partial charge in [-0.3, -0.25) is 25.0 Å². The minimum absolute atomic E-state index is 0.121. The number of H-pyrrole nitrogens is 1. The van der Waals surface area contributed by atoms with Gasteiger partial charge in [0.05, 0.1) is 21.9 Å². The molecule has 44 heavy (non-hydrogen) atoms. The number of aliphatic imine (C=N–C) groups is 1. The first kappa shape index (κ1) is 28.3. The largest absolute Gasteiger partial charge is 0.494 e. The molecule has 2 aliphatic rings. The van der Waals surface area contributed by atoms with Gasteiger partial charge in [-0.2, -0.15) is 0 Å². The van der Waals surface area contributed by atoms with Crippen molar-refractivity contribution in [1.29, 1.82) is 0 Å². The second-order valence-corrected chi connectivity index (χ2v) is 10.6. The lowest BCUT2D eigenvalue weighted by Gasteiger charge is -2.15. The second kappa shape index (κ2) is 11.8. The highest BCUT2D eigenvalue weighted by Gasteiger charge is 2.24. The average molecular weight is 593 g/mol. The zero-order valence-corrected chi connectivity index (χ0v) is 23.5. The maximum Gasteiger partial charge on any atom is 0.326 e. The summed E-state index contributed by atoms with van der Waals surface area (Å²) in [4.78, 5) is 55.9. The maximum atomic E-state index is 11.9. The van der Waals surface area contributed by atoms with E-state index in [-0.39, 0.29) is 23.2 Å². The maximum absolute atomic E-state index is 11.9. The van der Waals surface area contributed by atoms with E-state index in [1.165, 1.54) is 18.2 Å². The van der Waals surface area contributed by atoms with Crippen LogP contribution in [0, 0.1) is 10.1 Å². The highest BCUT2D eigenvalue weighted by atomic mass is 16.6. The van der Waals surface area contributed by atoms with Crippen molar-refractivity contribution in [2.75, 3.05) is 13.1 Å². The van der Waals surface area contributed by atoms with Gasteiger partial charge in [0.25, 0.3) is 11.6 Å². The molecule has 0 unspecified atom stereocenters. The van der Waals surface area contributed by atoms with Crippen LogP contribution < -0.4 is 10.6 Å². The molecule has 3 aromatic carbocycles. The SMILES string of the molecule is O=C1NC(=O)C(=Cc2ccc(N=C(c3ccc(CCCN4CCCC4=O)cc3)c3c(O)[nH]c4ccc([N+](=O)[O-])cc34)cc2)N1. The lowest BCUT2D eigenvalue weighted by Crippen LogP contribution is -2.25. The van der Waals surface area contributed by atoms with Crippen LogP contribution in [0.25, 0.3) is 17.0 Å².